The average molecular weight is 364 g/mol. The Morgan fingerprint density at radius 3 is 2.44 bits per heavy atom. The number of nitrogens with zero attached hydrogens (tertiary/aromatic N) is 1. The van der Waals surface area contributed by atoms with E-state index in [1.807, 2.05) is 18.2 Å². The molecule has 0 bridgehead atoms. The maximum atomic E-state index is 12.3. The first kappa shape index (κ1) is 18.9. The SMILES string of the molecule is CCOC(=O)c1ccc(NC(=O)CN2CC=C(c3ccccc3)CC2)cc1. The number of nitrogens with one attached hydrogen (secondary N) is 1. The van der Waals surface area contributed by atoms with Crippen molar-refractivity contribution >= 4 is 23.1 Å². The Morgan fingerprint density at radius 1 is 1.07 bits per heavy atom. The first-order valence-corrected chi connectivity index (χ1v) is 9.19. The van der Waals surface area contributed by atoms with Gasteiger partial charge < -0.3 is 10.1 Å². The van der Waals surface area contributed by atoms with Crippen LogP contribution in [-0.4, -0.2) is 43.0 Å². The zero-order chi connectivity index (χ0) is 19.1. The quantitative estimate of drug-likeness (QED) is 0.796. The van der Waals surface area contributed by atoms with Gasteiger partial charge in [0.25, 0.3) is 0 Å². The lowest BCUT2D eigenvalue weighted by molar-refractivity contribution is -0.117. The highest BCUT2D eigenvalue weighted by atomic mass is 16.5. The summed E-state index contributed by atoms with van der Waals surface area (Å²) >= 11 is 0. The van der Waals surface area contributed by atoms with Crippen molar-refractivity contribution in [3.8, 4) is 0 Å². The van der Waals surface area contributed by atoms with Crippen LogP contribution in [0.15, 0.2) is 60.7 Å². The van der Waals surface area contributed by atoms with Crippen LogP contribution in [0.4, 0.5) is 5.69 Å². The van der Waals surface area contributed by atoms with Crippen LogP contribution in [0.5, 0.6) is 0 Å². The molecule has 1 heterocycles. The Bertz CT molecular complexity index is 813. The minimum absolute atomic E-state index is 0.0598. The van der Waals surface area contributed by atoms with Gasteiger partial charge in [0.15, 0.2) is 0 Å². The largest absolute Gasteiger partial charge is 0.462 e. The Hall–Kier alpha value is -2.92. The molecular weight excluding hydrogens is 340 g/mol. The van der Waals surface area contributed by atoms with E-state index in [4.69, 9.17) is 4.74 Å². The molecule has 0 radical (unpaired) electrons. The van der Waals surface area contributed by atoms with Crippen molar-refractivity contribution in [2.75, 3.05) is 31.6 Å². The zero-order valence-electron chi connectivity index (χ0n) is 15.5. The second-order valence-electron chi connectivity index (χ2n) is 6.43. The summed E-state index contributed by atoms with van der Waals surface area (Å²) in [4.78, 5) is 26.1. The van der Waals surface area contributed by atoms with Crippen molar-refractivity contribution in [2.45, 2.75) is 13.3 Å². The van der Waals surface area contributed by atoms with E-state index in [0.717, 1.165) is 19.5 Å². The van der Waals surface area contributed by atoms with Crippen LogP contribution in [-0.2, 0) is 9.53 Å². The van der Waals surface area contributed by atoms with E-state index < -0.39 is 0 Å². The molecule has 0 aliphatic carbocycles. The van der Waals surface area contributed by atoms with E-state index in [1.54, 1.807) is 31.2 Å². The fourth-order valence-electron chi connectivity index (χ4n) is 3.08. The Kier molecular flexibility index (Phi) is 6.39. The number of benzene rings is 2. The average Bonchev–Trinajstić information content (AvgIpc) is 2.70. The summed E-state index contributed by atoms with van der Waals surface area (Å²) in [5.41, 5.74) is 3.74. The molecule has 1 aliphatic heterocycles. The van der Waals surface area contributed by atoms with Gasteiger partial charge in [0.05, 0.1) is 18.7 Å². The van der Waals surface area contributed by atoms with Crippen molar-refractivity contribution in [2.24, 2.45) is 0 Å². The molecule has 0 aromatic heterocycles. The number of carbonyl (C=O) groups excluding carboxylic acids is 2. The molecule has 0 saturated carbocycles. The third kappa shape index (κ3) is 5.28. The number of ether oxygens (including phenoxy) is 1. The summed E-state index contributed by atoms with van der Waals surface area (Å²) in [6.07, 6.45) is 3.13. The standard InChI is InChI=1S/C22H24N2O3/c1-2-27-22(26)19-8-10-20(11-9-19)23-21(25)16-24-14-12-18(13-15-24)17-6-4-3-5-7-17/h3-12H,2,13-16H2,1H3,(H,23,25). The highest BCUT2D eigenvalue weighted by molar-refractivity contribution is 5.94. The van der Waals surface area contributed by atoms with E-state index in [9.17, 15) is 9.59 Å². The lowest BCUT2D eigenvalue weighted by atomic mass is 10.00. The number of hydrogen-bond donors (Lipinski definition) is 1. The summed E-state index contributed by atoms with van der Waals surface area (Å²) in [5.74, 6) is -0.417. The van der Waals surface area contributed by atoms with Crippen molar-refractivity contribution in [3.63, 3.8) is 0 Å². The molecule has 2 aromatic rings. The summed E-state index contributed by atoms with van der Waals surface area (Å²) < 4.78 is 4.95. The molecule has 27 heavy (non-hydrogen) atoms. The number of hydrogen-bond acceptors (Lipinski definition) is 4. The van der Waals surface area contributed by atoms with Gasteiger partial charge in [0.2, 0.25) is 5.91 Å². The van der Waals surface area contributed by atoms with Crippen LogP contribution in [0.2, 0.25) is 0 Å². The summed E-state index contributed by atoms with van der Waals surface area (Å²) in [6.45, 7) is 4.08. The Labute approximate surface area is 159 Å². The molecule has 3 rings (SSSR count). The number of rotatable bonds is 6. The van der Waals surface area contributed by atoms with Gasteiger partial charge >= 0.3 is 5.97 Å². The third-order valence-corrected chi connectivity index (χ3v) is 4.48. The molecule has 0 fully saturated rings. The van der Waals surface area contributed by atoms with Crippen molar-refractivity contribution in [1.82, 2.24) is 4.90 Å². The molecule has 1 amide bonds. The summed E-state index contributed by atoms with van der Waals surface area (Å²) in [5, 5.41) is 2.88. The van der Waals surface area contributed by atoms with Gasteiger partial charge in [-0.1, -0.05) is 36.4 Å². The van der Waals surface area contributed by atoms with Gasteiger partial charge in [0.1, 0.15) is 0 Å². The van der Waals surface area contributed by atoms with Gasteiger partial charge in [-0.15, -0.1) is 0 Å². The van der Waals surface area contributed by atoms with Gasteiger partial charge in [-0.25, -0.2) is 4.79 Å². The predicted octanol–water partition coefficient (Wildman–Crippen LogP) is 3.59. The van der Waals surface area contributed by atoms with E-state index in [1.165, 1.54) is 11.1 Å². The van der Waals surface area contributed by atoms with Crippen molar-refractivity contribution < 1.29 is 14.3 Å². The predicted molar refractivity (Wildman–Crippen MR) is 107 cm³/mol. The van der Waals surface area contributed by atoms with Crippen LogP contribution in [0, 0.1) is 0 Å². The van der Waals surface area contributed by atoms with E-state index >= 15 is 0 Å². The van der Waals surface area contributed by atoms with Gasteiger partial charge in [0, 0.05) is 18.8 Å². The molecule has 2 aromatic carbocycles. The second kappa shape index (κ2) is 9.14. The van der Waals surface area contributed by atoms with Gasteiger partial charge in [-0.05, 0) is 48.7 Å². The third-order valence-electron chi connectivity index (χ3n) is 4.48. The molecule has 0 unspecified atom stereocenters. The van der Waals surface area contributed by atoms with Crippen LogP contribution >= 0.6 is 0 Å². The first-order valence-electron chi connectivity index (χ1n) is 9.19. The molecule has 0 spiro atoms. The Balaban J connectivity index is 1.50. The molecule has 0 saturated heterocycles. The highest BCUT2D eigenvalue weighted by Gasteiger charge is 2.16. The number of anilines is 1. The smallest absolute Gasteiger partial charge is 0.338 e. The molecule has 0 atom stereocenters. The fraction of sp³-hybridized carbons (Fsp3) is 0.273. The maximum Gasteiger partial charge on any atom is 0.338 e. The Morgan fingerprint density at radius 2 is 1.81 bits per heavy atom. The maximum absolute atomic E-state index is 12.3. The summed E-state index contributed by atoms with van der Waals surface area (Å²) in [6, 6.07) is 17.1. The minimum atomic E-state index is -0.357. The second-order valence-corrected chi connectivity index (χ2v) is 6.43. The molecule has 5 heteroatoms. The number of esters is 1. The molecule has 5 nitrogen and oxygen atoms in total. The zero-order valence-corrected chi connectivity index (χ0v) is 15.5. The fourth-order valence-corrected chi connectivity index (χ4v) is 3.08. The lowest BCUT2D eigenvalue weighted by Crippen LogP contribution is -2.36. The normalized spacial score (nSPS) is 14.3. The van der Waals surface area contributed by atoms with Crippen molar-refractivity contribution in [1.29, 1.82) is 0 Å². The van der Waals surface area contributed by atoms with Gasteiger partial charge in [-0.3, -0.25) is 9.69 Å². The minimum Gasteiger partial charge on any atom is -0.462 e. The number of carbonyl (C=O) groups is 2. The van der Waals surface area contributed by atoms with E-state index in [-0.39, 0.29) is 11.9 Å². The number of amides is 1. The molecular formula is C22H24N2O3. The molecule has 1 N–H and O–H groups in total. The van der Waals surface area contributed by atoms with E-state index in [2.05, 4.69) is 28.4 Å². The van der Waals surface area contributed by atoms with Crippen LogP contribution < -0.4 is 5.32 Å². The highest BCUT2D eigenvalue weighted by Crippen LogP contribution is 2.21. The monoisotopic (exact) mass is 364 g/mol. The van der Waals surface area contributed by atoms with Gasteiger partial charge in [-0.2, -0.15) is 0 Å². The topological polar surface area (TPSA) is 58.6 Å². The summed E-state index contributed by atoms with van der Waals surface area (Å²) in [7, 11) is 0. The van der Waals surface area contributed by atoms with Crippen LogP contribution in [0.25, 0.3) is 5.57 Å². The van der Waals surface area contributed by atoms with Crippen LogP contribution in [0.1, 0.15) is 29.3 Å². The molecule has 1 aliphatic rings. The van der Waals surface area contributed by atoms with Crippen molar-refractivity contribution in [3.05, 3.63) is 71.8 Å². The first-order chi connectivity index (χ1) is 13.2. The van der Waals surface area contributed by atoms with E-state index in [0.29, 0.717) is 24.4 Å². The molecule has 140 valence electrons. The lowest BCUT2D eigenvalue weighted by Gasteiger charge is -2.25. The van der Waals surface area contributed by atoms with Crippen LogP contribution in [0.3, 0.4) is 0 Å².